The van der Waals surface area contributed by atoms with Crippen LogP contribution in [0.3, 0.4) is 0 Å². The minimum atomic E-state index is -0.136. The lowest BCUT2D eigenvalue weighted by atomic mass is 10.2. The molecule has 1 amide bonds. The normalized spacial score (nSPS) is 10.1. The molecular weight excluding hydrogens is 294 g/mol. The fraction of sp³-hybridized carbons (Fsp3) is 0.154. The van der Waals surface area contributed by atoms with E-state index in [0.29, 0.717) is 16.7 Å². The van der Waals surface area contributed by atoms with Gasteiger partial charge in [-0.3, -0.25) is 9.78 Å². The molecule has 92 valence electrons. The van der Waals surface area contributed by atoms with Crippen molar-refractivity contribution in [2.45, 2.75) is 13.5 Å². The van der Waals surface area contributed by atoms with Gasteiger partial charge < -0.3 is 5.32 Å². The van der Waals surface area contributed by atoms with Crippen molar-refractivity contribution in [3.8, 4) is 0 Å². The van der Waals surface area contributed by atoms with E-state index >= 15 is 0 Å². The van der Waals surface area contributed by atoms with Crippen molar-refractivity contribution in [3.63, 3.8) is 0 Å². The number of hydrogen-bond donors (Lipinski definition) is 1. The van der Waals surface area contributed by atoms with Crippen LogP contribution in [-0.2, 0) is 6.54 Å². The molecule has 0 aromatic carbocycles. The summed E-state index contributed by atoms with van der Waals surface area (Å²) in [5, 5.41) is 2.83. The number of aryl methyl sites for hydroxylation is 1. The molecule has 1 N–H and O–H groups in total. The second-order valence-electron chi connectivity index (χ2n) is 3.82. The zero-order chi connectivity index (χ0) is 13.0. The maximum absolute atomic E-state index is 11.9. The van der Waals surface area contributed by atoms with Crippen LogP contribution < -0.4 is 5.32 Å². The predicted molar refractivity (Wildman–Crippen MR) is 72.1 cm³/mol. The lowest BCUT2D eigenvalue weighted by molar-refractivity contribution is 0.0950. The average molecular weight is 306 g/mol. The number of carbonyl (C=O) groups is 1. The maximum atomic E-state index is 11.9. The molecular formula is C13H12BrN3O. The first-order chi connectivity index (χ1) is 8.66. The van der Waals surface area contributed by atoms with Crippen molar-refractivity contribution in [2.24, 2.45) is 0 Å². The Bertz CT molecular complexity index is 572. The van der Waals surface area contributed by atoms with Crippen LogP contribution in [0.25, 0.3) is 0 Å². The number of hydrogen-bond acceptors (Lipinski definition) is 3. The number of nitrogens with zero attached hydrogens (tertiary/aromatic N) is 2. The highest BCUT2D eigenvalue weighted by atomic mass is 79.9. The third-order valence-corrected chi connectivity index (χ3v) is 2.96. The molecule has 18 heavy (non-hydrogen) atoms. The molecule has 0 saturated heterocycles. The van der Waals surface area contributed by atoms with Gasteiger partial charge in [0, 0.05) is 18.0 Å². The Morgan fingerprint density at radius 3 is 2.89 bits per heavy atom. The van der Waals surface area contributed by atoms with Crippen molar-refractivity contribution in [3.05, 3.63) is 58.1 Å². The van der Waals surface area contributed by atoms with Gasteiger partial charge in [0.25, 0.3) is 5.91 Å². The quantitative estimate of drug-likeness (QED) is 0.886. The standard InChI is InChI=1S/C13H12BrN3O/c1-9-3-2-5-15-11(9)8-17-13(18)10-4-6-16-12(14)7-10/h2-7H,8H2,1H3,(H,17,18). The Balaban J connectivity index is 2.03. The average Bonchev–Trinajstić information content (AvgIpc) is 2.37. The van der Waals surface area contributed by atoms with Gasteiger partial charge in [-0.15, -0.1) is 0 Å². The Morgan fingerprint density at radius 2 is 2.17 bits per heavy atom. The summed E-state index contributed by atoms with van der Waals surface area (Å²) in [4.78, 5) is 20.1. The van der Waals surface area contributed by atoms with Gasteiger partial charge in [0.05, 0.1) is 12.2 Å². The fourth-order valence-electron chi connectivity index (χ4n) is 1.51. The van der Waals surface area contributed by atoms with E-state index < -0.39 is 0 Å². The number of nitrogens with one attached hydrogen (secondary N) is 1. The zero-order valence-electron chi connectivity index (χ0n) is 9.85. The fourth-order valence-corrected chi connectivity index (χ4v) is 1.88. The number of amides is 1. The molecule has 0 bridgehead atoms. The molecule has 2 heterocycles. The van der Waals surface area contributed by atoms with Crippen LogP contribution in [0.2, 0.25) is 0 Å². The minimum Gasteiger partial charge on any atom is -0.346 e. The molecule has 0 aliphatic rings. The summed E-state index contributed by atoms with van der Waals surface area (Å²) in [6, 6.07) is 7.20. The van der Waals surface area contributed by atoms with Crippen molar-refractivity contribution in [2.75, 3.05) is 0 Å². The first-order valence-corrected chi connectivity index (χ1v) is 6.26. The van der Waals surface area contributed by atoms with E-state index in [9.17, 15) is 4.79 Å². The summed E-state index contributed by atoms with van der Waals surface area (Å²) >= 11 is 3.23. The number of aromatic nitrogens is 2. The van der Waals surface area contributed by atoms with Gasteiger partial charge in [-0.25, -0.2) is 4.98 Å². The Morgan fingerprint density at radius 1 is 1.33 bits per heavy atom. The van der Waals surface area contributed by atoms with E-state index in [4.69, 9.17) is 0 Å². The SMILES string of the molecule is Cc1cccnc1CNC(=O)c1ccnc(Br)c1. The monoisotopic (exact) mass is 305 g/mol. The van der Waals surface area contributed by atoms with Crippen molar-refractivity contribution in [1.82, 2.24) is 15.3 Å². The molecule has 2 aromatic rings. The first kappa shape index (κ1) is 12.7. The predicted octanol–water partition coefficient (Wildman–Crippen LogP) is 2.48. The van der Waals surface area contributed by atoms with Gasteiger partial charge in [-0.05, 0) is 46.6 Å². The summed E-state index contributed by atoms with van der Waals surface area (Å²) in [6.07, 6.45) is 3.31. The van der Waals surface area contributed by atoms with Gasteiger partial charge in [-0.2, -0.15) is 0 Å². The third kappa shape index (κ3) is 3.13. The largest absolute Gasteiger partial charge is 0.346 e. The van der Waals surface area contributed by atoms with Crippen LogP contribution in [-0.4, -0.2) is 15.9 Å². The Kier molecular flexibility index (Phi) is 4.04. The lowest BCUT2D eigenvalue weighted by Crippen LogP contribution is -2.23. The van der Waals surface area contributed by atoms with E-state index in [0.717, 1.165) is 11.3 Å². The van der Waals surface area contributed by atoms with Crippen LogP contribution in [0.5, 0.6) is 0 Å². The van der Waals surface area contributed by atoms with Crippen LogP contribution in [0, 0.1) is 6.92 Å². The minimum absolute atomic E-state index is 0.136. The summed E-state index contributed by atoms with van der Waals surface area (Å²) < 4.78 is 0.643. The lowest BCUT2D eigenvalue weighted by Gasteiger charge is -2.07. The van der Waals surface area contributed by atoms with Gasteiger partial charge in [0.2, 0.25) is 0 Å². The molecule has 0 aliphatic carbocycles. The zero-order valence-corrected chi connectivity index (χ0v) is 11.4. The van der Waals surface area contributed by atoms with Gasteiger partial charge in [0.15, 0.2) is 0 Å². The first-order valence-electron chi connectivity index (χ1n) is 5.47. The van der Waals surface area contributed by atoms with E-state index in [1.54, 1.807) is 24.5 Å². The molecule has 5 heteroatoms. The molecule has 0 fully saturated rings. The van der Waals surface area contributed by atoms with Gasteiger partial charge >= 0.3 is 0 Å². The smallest absolute Gasteiger partial charge is 0.251 e. The second-order valence-corrected chi connectivity index (χ2v) is 4.63. The van der Waals surface area contributed by atoms with Crippen molar-refractivity contribution >= 4 is 21.8 Å². The molecule has 0 spiro atoms. The molecule has 2 rings (SSSR count). The molecule has 0 unspecified atom stereocenters. The number of pyridine rings is 2. The van der Waals surface area contributed by atoms with Gasteiger partial charge in [-0.1, -0.05) is 6.07 Å². The molecule has 0 aliphatic heterocycles. The molecule has 0 saturated carbocycles. The number of halogens is 1. The molecule has 0 atom stereocenters. The van der Waals surface area contributed by atoms with Crippen molar-refractivity contribution < 1.29 is 4.79 Å². The van der Waals surface area contributed by atoms with E-state index in [1.165, 1.54) is 0 Å². The van der Waals surface area contributed by atoms with Crippen LogP contribution in [0.4, 0.5) is 0 Å². The molecule has 0 radical (unpaired) electrons. The van der Waals surface area contributed by atoms with E-state index in [-0.39, 0.29) is 5.91 Å². The molecule has 4 nitrogen and oxygen atoms in total. The Labute approximate surface area is 114 Å². The summed E-state index contributed by atoms with van der Waals surface area (Å²) in [5.41, 5.74) is 2.51. The van der Waals surface area contributed by atoms with Crippen LogP contribution in [0.1, 0.15) is 21.6 Å². The summed E-state index contributed by atoms with van der Waals surface area (Å²) in [6.45, 7) is 2.39. The molecule has 2 aromatic heterocycles. The van der Waals surface area contributed by atoms with Crippen LogP contribution >= 0.6 is 15.9 Å². The highest BCUT2D eigenvalue weighted by Crippen LogP contribution is 2.08. The van der Waals surface area contributed by atoms with Crippen LogP contribution in [0.15, 0.2) is 41.3 Å². The van der Waals surface area contributed by atoms with E-state index in [2.05, 4.69) is 31.2 Å². The highest BCUT2D eigenvalue weighted by molar-refractivity contribution is 9.10. The summed E-state index contributed by atoms with van der Waals surface area (Å²) in [5.74, 6) is -0.136. The Hall–Kier alpha value is -1.75. The highest BCUT2D eigenvalue weighted by Gasteiger charge is 2.07. The van der Waals surface area contributed by atoms with Gasteiger partial charge in [0.1, 0.15) is 4.60 Å². The third-order valence-electron chi connectivity index (χ3n) is 2.52. The van der Waals surface area contributed by atoms with Crippen molar-refractivity contribution in [1.29, 1.82) is 0 Å². The number of carbonyl (C=O) groups excluding carboxylic acids is 1. The topological polar surface area (TPSA) is 54.9 Å². The number of rotatable bonds is 3. The van der Waals surface area contributed by atoms with E-state index in [1.807, 2.05) is 19.1 Å². The maximum Gasteiger partial charge on any atom is 0.251 e. The summed E-state index contributed by atoms with van der Waals surface area (Å²) in [7, 11) is 0. The second kappa shape index (κ2) is 5.73.